The Morgan fingerprint density at radius 1 is 1.15 bits per heavy atom. The quantitative estimate of drug-likeness (QED) is 0.678. The molecular weight excluding hydrogens is 204 g/mol. The lowest BCUT2D eigenvalue weighted by Gasteiger charge is -2.21. The second-order valence-electron chi connectivity index (χ2n) is 3.93. The van der Waals surface area contributed by atoms with Crippen LogP contribution in [0.5, 0.6) is 0 Å². The summed E-state index contributed by atoms with van der Waals surface area (Å²) in [4.78, 5) is 0. The van der Waals surface area contributed by atoms with Gasteiger partial charge in [0.25, 0.3) is 0 Å². The Morgan fingerprint density at radius 3 is 1.77 bits per heavy atom. The molecule has 2 nitrogen and oxygen atoms in total. The number of halogens is 3. The Morgan fingerprint density at radius 2 is 1.54 bits per heavy atom. The lowest BCUT2D eigenvalue weighted by Crippen LogP contribution is -2.32. The number of hydrogen-bond donors (Lipinski definition) is 0. The van der Waals surface area contributed by atoms with Crippen LogP contribution >= 0.6 is 0 Å². The minimum absolute atomic E-state index is 0.806. The Balaban J connectivity index is 4.40. The molecule has 0 aromatic heterocycles. The highest BCUT2D eigenvalue weighted by molar-refractivity contribution is 7.92. The van der Waals surface area contributed by atoms with E-state index < -0.39 is 33.6 Å². The third kappa shape index (κ3) is 4.54. The zero-order valence-corrected chi connectivity index (χ0v) is 8.67. The van der Waals surface area contributed by atoms with Crippen LogP contribution in [0.4, 0.5) is 12.9 Å². The standard InChI is InChI=1S/C6H13BF3O2S/c1-6(2,3)13(11,12)5-4-7(8,9)10/h4-5H2,1-3H3/q-1. The van der Waals surface area contributed by atoms with Gasteiger partial charge in [0, 0.05) is 5.75 Å². The van der Waals surface area contributed by atoms with Crippen LogP contribution in [-0.4, -0.2) is 25.9 Å². The maximum Gasteiger partial charge on any atom is 0.479 e. The molecule has 0 saturated carbocycles. The summed E-state index contributed by atoms with van der Waals surface area (Å²) >= 11 is 0. The number of sulfone groups is 1. The largest absolute Gasteiger partial charge is 0.479 e. The summed E-state index contributed by atoms with van der Waals surface area (Å²) in [6.45, 7) is -0.815. The van der Waals surface area contributed by atoms with Crippen molar-refractivity contribution in [1.29, 1.82) is 0 Å². The van der Waals surface area contributed by atoms with Crippen LogP contribution in [0.2, 0.25) is 6.32 Å². The zero-order valence-electron chi connectivity index (χ0n) is 7.85. The highest BCUT2D eigenvalue weighted by atomic mass is 32.2. The molecule has 0 aliphatic rings. The van der Waals surface area contributed by atoms with Crippen molar-refractivity contribution in [2.75, 3.05) is 5.75 Å². The van der Waals surface area contributed by atoms with E-state index in [-0.39, 0.29) is 0 Å². The summed E-state index contributed by atoms with van der Waals surface area (Å²) in [6.07, 6.45) is -1.21. The van der Waals surface area contributed by atoms with Crippen LogP contribution in [0.25, 0.3) is 0 Å². The van der Waals surface area contributed by atoms with E-state index in [0.717, 1.165) is 0 Å². The molecule has 0 N–H and O–H groups in total. The predicted molar refractivity (Wildman–Crippen MR) is 47.4 cm³/mol. The van der Waals surface area contributed by atoms with E-state index >= 15 is 0 Å². The van der Waals surface area contributed by atoms with Crippen molar-refractivity contribution in [2.24, 2.45) is 0 Å². The third-order valence-corrected chi connectivity index (χ3v) is 4.29. The van der Waals surface area contributed by atoms with Crippen LogP contribution in [0.3, 0.4) is 0 Å². The molecule has 0 bridgehead atoms. The lowest BCUT2D eigenvalue weighted by molar-refractivity contribution is 0.470. The molecule has 80 valence electrons. The second kappa shape index (κ2) is 3.51. The lowest BCUT2D eigenvalue weighted by atomic mass is 9.88. The maximum atomic E-state index is 11.8. The van der Waals surface area contributed by atoms with E-state index in [1.807, 2.05) is 0 Å². The van der Waals surface area contributed by atoms with Crippen molar-refractivity contribution in [3.05, 3.63) is 0 Å². The first-order valence-corrected chi connectivity index (χ1v) is 5.54. The minimum Gasteiger partial charge on any atom is -0.449 e. The van der Waals surface area contributed by atoms with Crippen LogP contribution in [0.1, 0.15) is 20.8 Å². The summed E-state index contributed by atoms with van der Waals surface area (Å²) in [6, 6.07) is 0. The molecule has 13 heavy (non-hydrogen) atoms. The molecule has 0 saturated heterocycles. The molecule has 0 aromatic rings. The Hall–Kier alpha value is -0.195. The van der Waals surface area contributed by atoms with E-state index in [2.05, 4.69) is 0 Å². The van der Waals surface area contributed by atoms with Gasteiger partial charge in [-0.2, -0.15) is 0 Å². The van der Waals surface area contributed by atoms with E-state index in [4.69, 9.17) is 0 Å². The van der Waals surface area contributed by atoms with Crippen molar-refractivity contribution in [3.8, 4) is 0 Å². The van der Waals surface area contributed by atoms with E-state index in [1.54, 1.807) is 0 Å². The molecule has 0 amide bonds. The third-order valence-electron chi connectivity index (χ3n) is 1.65. The van der Waals surface area contributed by atoms with E-state index in [1.165, 1.54) is 20.8 Å². The first-order valence-electron chi connectivity index (χ1n) is 3.89. The van der Waals surface area contributed by atoms with Gasteiger partial charge in [-0.1, -0.05) is 6.32 Å². The van der Waals surface area contributed by atoms with E-state index in [9.17, 15) is 21.4 Å². The van der Waals surface area contributed by atoms with Crippen molar-refractivity contribution in [2.45, 2.75) is 31.8 Å². The van der Waals surface area contributed by atoms with Crippen LogP contribution in [0.15, 0.2) is 0 Å². The van der Waals surface area contributed by atoms with E-state index in [0.29, 0.717) is 0 Å². The van der Waals surface area contributed by atoms with Crippen molar-refractivity contribution in [3.63, 3.8) is 0 Å². The molecule has 0 spiro atoms. The van der Waals surface area contributed by atoms with Crippen LogP contribution < -0.4 is 0 Å². The molecule has 7 heteroatoms. The van der Waals surface area contributed by atoms with Gasteiger partial charge >= 0.3 is 6.98 Å². The van der Waals surface area contributed by atoms with Gasteiger partial charge in [0.2, 0.25) is 0 Å². The average Bonchev–Trinajstić information content (AvgIpc) is 1.79. The van der Waals surface area contributed by atoms with Crippen LogP contribution in [-0.2, 0) is 9.84 Å². The number of rotatable bonds is 3. The summed E-state index contributed by atoms with van der Waals surface area (Å²) in [7, 11) is -3.64. The number of hydrogen-bond acceptors (Lipinski definition) is 2. The fourth-order valence-electron chi connectivity index (χ4n) is 0.595. The Labute approximate surface area is 76.5 Å². The van der Waals surface area contributed by atoms with Gasteiger partial charge in [-0.05, 0) is 20.8 Å². The Bertz CT molecular complexity index is 263. The normalized spacial score (nSPS) is 14.6. The maximum absolute atomic E-state index is 11.8. The molecule has 0 aliphatic carbocycles. The Kier molecular flexibility index (Phi) is 3.46. The molecule has 0 atom stereocenters. The van der Waals surface area contributed by atoms with Gasteiger partial charge in [0.1, 0.15) is 0 Å². The molecule has 0 rings (SSSR count). The molecule has 0 unspecified atom stereocenters. The first kappa shape index (κ1) is 12.8. The van der Waals surface area contributed by atoms with Gasteiger partial charge in [-0.3, -0.25) is 0 Å². The van der Waals surface area contributed by atoms with Crippen molar-refractivity contribution >= 4 is 16.8 Å². The smallest absolute Gasteiger partial charge is 0.449 e. The molecular formula is C6H13BF3O2S-. The molecule has 0 aromatic carbocycles. The fraction of sp³-hybridized carbons (Fsp3) is 1.00. The van der Waals surface area contributed by atoms with Gasteiger partial charge in [-0.15, -0.1) is 0 Å². The first-order chi connectivity index (χ1) is 5.46. The second-order valence-corrected chi connectivity index (χ2v) is 6.79. The fourth-order valence-corrected chi connectivity index (χ4v) is 1.78. The van der Waals surface area contributed by atoms with Crippen LogP contribution in [0, 0.1) is 0 Å². The minimum atomic E-state index is -5.00. The average molecular weight is 217 g/mol. The van der Waals surface area contributed by atoms with Crippen molar-refractivity contribution in [1.82, 2.24) is 0 Å². The molecule has 0 fully saturated rings. The summed E-state index contributed by atoms with van der Waals surface area (Å²) in [5.74, 6) is -0.806. The highest BCUT2D eigenvalue weighted by Crippen LogP contribution is 2.22. The van der Waals surface area contributed by atoms with Gasteiger partial charge in [0.15, 0.2) is 9.84 Å². The highest BCUT2D eigenvalue weighted by Gasteiger charge is 2.32. The molecule has 0 aliphatic heterocycles. The molecule has 0 radical (unpaired) electrons. The van der Waals surface area contributed by atoms with Gasteiger partial charge in [-0.25, -0.2) is 8.42 Å². The van der Waals surface area contributed by atoms with Gasteiger partial charge < -0.3 is 12.9 Å². The zero-order chi connectivity index (χ0) is 10.9. The molecule has 0 heterocycles. The van der Waals surface area contributed by atoms with Gasteiger partial charge in [0.05, 0.1) is 4.75 Å². The predicted octanol–water partition coefficient (Wildman–Crippen LogP) is 2.05. The monoisotopic (exact) mass is 217 g/mol. The SMILES string of the molecule is CC(C)(C)S(=O)(=O)CC[B-](F)(F)F. The topological polar surface area (TPSA) is 34.1 Å². The van der Waals surface area contributed by atoms with Crippen molar-refractivity contribution < 1.29 is 21.4 Å². The summed E-state index contributed by atoms with van der Waals surface area (Å²) in [5.41, 5.74) is 0. The summed E-state index contributed by atoms with van der Waals surface area (Å²) < 4.78 is 56.6. The summed E-state index contributed by atoms with van der Waals surface area (Å²) in [5, 5.41) is 0.